The second-order valence-corrected chi connectivity index (χ2v) is 4.91. The molecule has 6 nitrogen and oxygen atoms in total. The van der Waals surface area contributed by atoms with Crippen molar-refractivity contribution in [1.29, 1.82) is 0 Å². The second kappa shape index (κ2) is 11.2. The molecule has 0 aromatic heterocycles. The van der Waals surface area contributed by atoms with Gasteiger partial charge >= 0.3 is 17.9 Å². The van der Waals surface area contributed by atoms with E-state index < -0.39 is 23.3 Å². The van der Waals surface area contributed by atoms with E-state index in [0.29, 0.717) is 19.3 Å². The molecule has 23 heavy (non-hydrogen) atoms. The lowest BCUT2D eigenvalue weighted by Gasteiger charge is -2.31. The topological polar surface area (TPSA) is 78.9 Å². The Morgan fingerprint density at radius 2 is 1.22 bits per heavy atom. The van der Waals surface area contributed by atoms with Crippen LogP contribution in [0, 0.1) is 5.41 Å². The maximum atomic E-state index is 11.3. The monoisotopic (exact) mass is 324 g/mol. The highest BCUT2D eigenvalue weighted by molar-refractivity contribution is 5.81. The summed E-state index contributed by atoms with van der Waals surface area (Å²) < 4.78 is 15.1. The van der Waals surface area contributed by atoms with Crippen molar-refractivity contribution in [2.75, 3.05) is 19.8 Å². The van der Waals surface area contributed by atoms with Crippen molar-refractivity contribution in [3.63, 3.8) is 0 Å². The summed E-state index contributed by atoms with van der Waals surface area (Å²) in [5, 5.41) is 0. The van der Waals surface area contributed by atoms with Crippen LogP contribution < -0.4 is 0 Å². The summed E-state index contributed by atoms with van der Waals surface area (Å²) in [5.41, 5.74) is -0.471. The Hall–Kier alpha value is -2.37. The molecule has 128 valence electrons. The third-order valence-electron chi connectivity index (χ3n) is 3.52. The van der Waals surface area contributed by atoms with Gasteiger partial charge in [0.2, 0.25) is 0 Å². The van der Waals surface area contributed by atoms with Crippen molar-refractivity contribution in [3.8, 4) is 0 Å². The van der Waals surface area contributed by atoms with E-state index in [1.54, 1.807) is 0 Å². The van der Waals surface area contributed by atoms with Gasteiger partial charge in [0, 0.05) is 23.6 Å². The normalized spacial score (nSPS) is 10.3. The van der Waals surface area contributed by atoms with Crippen molar-refractivity contribution in [2.24, 2.45) is 5.41 Å². The summed E-state index contributed by atoms with van der Waals surface area (Å²) in [4.78, 5) is 33.5. The van der Waals surface area contributed by atoms with E-state index in [1.807, 2.05) is 6.92 Å². The number of esters is 3. The van der Waals surface area contributed by atoms with Gasteiger partial charge in [-0.15, -0.1) is 0 Å². The van der Waals surface area contributed by atoms with Gasteiger partial charge in [-0.3, -0.25) is 0 Å². The number of ether oxygens (including phenoxy) is 3. The zero-order chi connectivity index (χ0) is 17.7. The fraction of sp³-hybridized carbons (Fsp3) is 0.471. The molecule has 0 spiro atoms. The smallest absolute Gasteiger partial charge is 0.330 e. The van der Waals surface area contributed by atoms with Crippen molar-refractivity contribution < 1.29 is 28.6 Å². The van der Waals surface area contributed by atoms with Crippen LogP contribution >= 0.6 is 0 Å². The van der Waals surface area contributed by atoms with E-state index in [0.717, 1.165) is 18.2 Å². The fourth-order valence-corrected chi connectivity index (χ4v) is 1.86. The van der Waals surface area contributed by atoms with Crippen molar-refractivity contribution in [2.45, 2.75) is 26.2 Å². The van der Waals surface area contributed by atoms with Gasteiger partial charge in [0.25, 0.3) is 0 Å². The molecule has 0 atom stereocenters. The first-order valence-electron chi connectivity index (χ1n) is 7.30. The molecule has 0 saturated heterocycles. The lowest BCUT2D eigenvalue weighted by molar-refractivity contribution is -0.146. The quantitative estimate of drug-likeness (QED) is 0.311. The molecular weight excluding hydrogens is 300 g/mol. The molecule has 0 aliphatic rings. The summed E-state index contributed by atoms with van der Waals surface area (Å²) >= 11 is 0. The highest BCUT2D eigenvalue weighted by atomic mass is 16.5. The average Bonchev–Trinajstić information content (AvgIpc) is 2.58. The zero-order valence-electron chi connectivity index (χ0n) is 13.5. The zero-order valence-corrected chi connectivity index (χ0v) is 13.5. The highest BCUT2D eigenvalue weighted by Gasteiger charge is 2.30. The first-order valence-corrected chi connectivity index (χ1v) is 7.30. The Labute approximate surface area is 136 Å². The lowest BCUT2D eigenvalue weighted by atomic mass is 9.80. The van der Waals surface area contributed by atoms with Crippen LogP contribution in [0.4, 0.5) is 0 Å². The van der Waals surface area contributed by atoms with Crippen molar-refractivity contribution in [1.82, 2.24) is 0 Å². The fourth-order valence-electron chi connectivity index (χ4n) is 1.86. The predicted molar refractivity (Wildman–Crippen MR) is 85.4 cm³/mol. The van der Waals surface area contributed by atoms with Crippen LogP contribution in [0.2, 0.25) is 0 Å². The molecule has 6 heteroatoms. The van der Waals surface area contributed by atoms with Crippen LogP contribution in [0.3, 0.4) is 0 Å². The van der Waals surface area contributed by atoms with Gasteiger partial charge in [0.05, 0.1) is 19.8 Å². The van der Waals surface area contributed by atoms with E-state index in [4.69, 9.17) is 14.2 Å². The second-order valence-electron chi connectivity index (χ2n) is 4.91. The van der Waals surface area contributed by atoms with Crippen molar-refractivity contribution >= 4 is 17.9 Å². The first kappa shape index (κ1) is 20.6. The molecule has 0 aliphatic carbocycles. The van der Waals surface area contributed by atoms with Crippen LogP contribution in [-0.2, 0) is 28.6 Å². The van der Waals surface area contributed by atoms with Gasteiger partial charge in [-0.25, -0.2) is 14.4 Å². The molecule has 0 radical (unpaired) electrons. The number of rotatable bonds is 12. The number of carbonyl (C=O) groups is 3. The summed E-state index contributed by atoms with van der Waals surface area (Å²) in [6.07, 6.45) is 4.80. The average molecular weight is 324 g/mol. The van der Waals surface area contributed by atoms with Gasteiger partial charge in [0.15, 0.2) is 0 Å². The largest absolute Gasteiger partial charge is 0.463 e. The molecule has 0 aromatic rings. The van der Waals surface area contributed by atoms with Crippen molar-refractivity contribution in [3.05, 3.63) is 38.0 Å². The van der Waals surface area contributed by atoms with E-state index in [1.165, 1.54) is 0 Å². The minimum absolute atomic E-state index is 0.117. The third kappa shape index (κ3) is 8.60. The minimum Gasteiger partial charge on any atom is -0.463 e. The SMILES string of the molecule is C=CC(=O)OCCC(CC)(CCOC(=O)C=C)COC(=O)C=C. The van der Waals surface area contributed by atoms with E-state index in [9.17, 15) is 14.4 Å². The van der Waals surface area contributed by atoms with Gasteiger partial charge in [-0.2, -0.15) is 0 Å². The van der Waals surface area contributed by atoms with E-state index in [2.05, 4.69) is 19.7 Å². The highest BCUT2D eigenvalue weighted by Crippen LogP contribution is 2.31. The molecule has 0 rings (SSSR count). The van der Waals surface area contributed by atoms with Gasteiger partial charge in [-0.1, -0.05) is 26.7 Å². The molecule has 0 bridgehead atoms. The van der Waals surface area contributed by atoms with Gasteiger partial charge in [-0.05, 0) is 19.3 Å². The van der Waals surface area contributed by atoms with E-state index in [-0.39, 0.29) is 19.8 Å². The number of carbonyl (C=O) groups excluding carboxylic acids is 3. The first-order chi connectivity index (χ1) is 10.9. The van der Waals surface area contributed by atoms with Crippen LogP contribution in [-0.4, -0.2) is 37.7 Å². The molecule has 0 amide bonds. The Kier molecular flexibility index (Phi) is 10.1. The molecule has 0 heterocycles. The Morgan fingerprint density at radius 1 is 0.826 bits per heavy atom. The molecule has 0 unspecified atom stereocenters. The maximum absolute atomic E-state index is 11.3. The Morgan fingerprint density at radius 3 is 1.57 bits per heavy atom. The summed E-state index contributed by atoms with van der Waals surface area (Å²) in [6.45, 7) is 12.3. The molecule has 0 aromatic carbocycles. The summed E-state index contributed by atoms with van der Waals surface area (Å²) in [7, 11) is 0. The van der Waals surface area contributed by atoms with Crippen LogP contribution in [0.1, 0.15) is 26.2 Å². The van der Waals surface area contributed by atoms with Crippen LogP contribution in [0.15, 0.2) is 38.0 Å². The molecule has 0 aliphatic heterocycles. The lowest BCUT2D eigenvalue weighted by Crippen LogP contribution is -2.31. The standard InChI is InChI=1S/C17H24O6/c1-5-14(18)21-11-9-17(8-4,13-23-16(20)7-3)10-12-22-15(19)6-2/h5-7H,1-3,8-13H2,4H3. The number of hydrogen-bond acceptors (Lipinski definition) is 6. The van der Waals surface area contributed by atoms with Gasteiger partial charge in [0.1, 0.15) is 0 Å². The molecule has 0 saturated carbocycles. The maximum Gasteiger partial charge on any atom is 0.330 e. The minimum atomic E-state index is -0.533. The third-order valence-corrected chi connectivity index (χ3v) is 3.52. The molecule has 0 N–H and O–H groups in total. The molecule has 0 fully saturated rings. The number of hydrogen-bond donors (Lipinski definition) is 0. The van der Waals surface area contributed by atoms with Gasteiger partial charge < -0.3 is 14.2 Å². The summed E-state index contributed by atoms with van der Waals surface area (Å²) in [5.74, 6) is -1.57. The summed E-state index contributed by atoms with van der Waals surface area (Å²) in [6, 6.07) is 0. The Bertz CT molecular complexity index is 426. The van der Waals surface area contributed by atoms with E-state index >= 15 is 0 Å². The molecular formula is C17H24O6. The predicted octanol–water partition coefficient (Wildman–Crippen LogP) is 2.35. The van der Waals surface area contributed by atoms with Crippen LogP contribution in [0.25, 0.3) is 0 Å². The Balaban J connectivity index is 4.74. The van der Waals surface area contributed by atoms with Crippen LogP contribution in [0.5, 0.6) is 0 Å².